The van der Waals surface area contributed by atoms with Gasteiger partial charge in [0, 0.05) is 41.7 Å². The van der Waals surface area contributed by atoms with E-state index in [4.69, 9.17) is 16.3 Å². The first-order valence-corrected chi connectivity index (χ1v) is 17.5. The fourth-order valence-corrected chi connectivity index (χ4v) is 8.97. The van der Waals surface area contributed by atoms with Crippen LogP contribution >= 0.6 is 11.6 Å². The summed E-state index contributed by atoms with van der Waals surface area (Å²) in [7, 11) is -3.75. The van der Waals surface area contributed by atoms with Crippen LogP contribution in [0, 0.1) is 11.8 Å². The molecule has 6 rings (SSSR count). The molecule has 2 aromatic rings. The number of carbonyl (C=O) groups is 1. The second-order valence-corrected chi connectivity index (χ2v) is 15.0. The lowest BCUT2D eigenvalue weighted by molar-refractivity contribution is 0.0981. The van der Waals surface area contributed by atoms with Crippen molar-refractivity contribution in [3.05, 3.63) is 58.1 Å². The molecular weight excluding hydrogens is 574 g/mol. The number of aliphatic hydroxyl groups is 1. The van der Waals surface area contributed by atoms with E-state index in [0.29, 0.717) is 37.0 Å². The van der Waals surface area contributed by atoms with Crippen LogP contribution in [-0.2, 0) is 21.9 Å². The van der Waals surface area contributed by atoms with Crippen LogP contribution in [0.1, 0.15) is 72.9 Å². The van der Waals surface area contributed by atoms with E-state index in [9.17, 15) is 18.3 Å². The molecule has 0 saturated heterocycles. The molecule has 2 bridgehead atoms. The molecule has 1 amide bonds. The highest BCUT2D eigenvalue weighted by molar-refractivity contribution is 7.90. The number of fused-ring (bicyclic) bond motifs is 4. The van der Waals surface area contributed by atoms with E-state index in [1.807, 2.05) is 18.2 Å². The number of carbonyl (C=O) groups excluding carboxylic acids is 1. The van der Waals surface area contributed by atoms with Gasteiger partial charge in [-0.05, 0) is 98.2 Å². The van der Waals surface area contributed by atoms with Gasteiger partial charge in [-0.2, -0.15) is 0 Å². The second kappa shape index (κ2) is 12.3. The van der Waals surface area contributed by atoms with Crippen molar-refractivity contribution in [3.63, 3.8) is 0 Å². The molecule has 1 fully saturated rings. The predicted octanol–water partition coefficient (Wildman–Crippen LogP) is 4.42. The van der Waals surface area contributed by atoms with Gasteiger partial charge >= 0.3 is 0 Å². The molecule has 2 heterocycles. The van der Waals surface area contributed by atoms with E-state index in [-0.39, 0.29) is 23.8 Å². The number of nitrogens with one attached hydrogen (secondary N) is 2. The number of sulfonamides is 1. The molecule has 0 radical (unpaired) electrons. The average Bonchev–Trinajstić information content (AvgIpc) is 3.09. The number of amides is 1. The number of halogens is 1. The summed E-state index contributed by atoms with van der Waals surface area (Å²) in [5.74, 6) is 0.977. The molecule has 2 aliphatic carbocycles. The highest BCUT2D eigenvalue weighted by Gasteiger charge is 2.44. The minimum Gasteiger partial charge on any atom is -0.490 e. The molecule has 8 nitrogen and oxygen atoms in total. The van der Waals surface area contributed by atoms with Crippen LogP contribution in [0.5, 0.6) is 5.75 Å². The molecule has 10 heteroatoms. The Balaban J connectivity index is 1.39. The van der Waals surface area contributed by atoms with Gasteiger partial charge in [-0.25, -0.2) is 13.1 Å². The van der Waals surface area contributed by atoms with E-state index in [2.05, 4.69) is 27.1 Å². The summed E-state index contributed by atoms with van der Waals surface area (Å²) < 4.78 is 34.4. The smallest absolute Gasteiger partial charge is 0.264 e. The van der Waals surface area contributed by atoms with Crippen molar-refractivity contribution in [2.24, 2.45) is 11.8 Å². The normalized spacial score (nSPS) is 29.3. The molecule has 4 atom stereocenters. The summed E-state index contributed by atoms with van der Waals surface area (Å²) in [6, 6.07) is 11.8. The Bertz CT molecular complexity index is 1420. The number of benzene rings is 2. The van der Waals surface area contributed by atoms with Gasteiger partial charge in [0.1, 0.15) is 5.75 Å². The number of rotatable bonds is 3. The topological polar surface area (TPSA) is 108 Å². The molecule has 2 aliphatic heterocycles. The van der Waals surface area contributed by atoms with Gasteiger partial charge < -0.3 is 20.1 Å². The summed E-state index contributed by atoms with van der Waals surface area (Å²) in [4.78, 5) is 15.6. The summed E-state index contributed by atoms with van der Waals surface area (Å²) in [5.41, 5.74) is 3.50. The van der Waals surface area contributed by atoms with Crippen LogP contribution in [0.2, 0.25) is 5.02 Å². The van der Waals surface area contributed by atoms with Crippen molar-refractivity contribution >= 4 is 33.2 Å². The molecule has 42 heavy (non-hydrogen) atoms. The summed E-state index contributed by atoms with van der Waals surface area (Å²) in [6.07, 6.45) is 8.42. The zero-order chi connectivity index (χ0) is 29.3. The van der Waals surface area contributed by atoms with Crippen molar-refractivity contribution < 1.29 is 23.1 Å². The third-order valence-electron chi connectivity index (χ3n) is 9.94. The maximum Gasteiger partial charge on any atom is 0.264 e. The lowest BCUT2D eigenvalue weighted by Crippen LogP contribution is -2.52. The van der Waals surface area contributed by atoms with Crippen LogP contribution in [0.25, 0.3) is 0 Å². The molecule has 228 valence electrons. The maximum atomic E-state index is 13.2. The molecule has 1 spiro atoms. The lowest BCUT2D eigenvalue weighted by atomic mass is 9.67. The van der Waals surface area contributed by atoms with Gasteiger partial charge in [-0.15, -0.1) is 0 Å². The third-order valence-corrected chi connectivity index (χ3v) is 11.5. The first kappa shape index (κ1) is 29.7. The first-order chi connectivity index (χ1) is 20.3. The van der Waals surface area contributed by atoms with Crippen molar-refractivity contribution in [1.29, 1.82) is 0 Å². The summed E-state index contributed by atoms with van der Waals surface area (Å²) in [5, 5.41) is 13.9. The van der Waals surface area contributed by atoms with Crippen LogP contribution in [0.3, 0.4) is 0 Å². The molecule has 2 aromatic carbocycles. The number of aliphatic hydroxyl groups excluding tert-OH is 1. The lowest BCUT2D eigenvalue weighted by Gasteiger charge is -2.47. The largest absolute Gasteiger partial charge is 0.490 e. The van der Waals surface area contributed by atoms with Gasteiger partial charge in [-0.3, -0.25) is 4.79 Å². The predicted molar refractivity (Wildman–Crippen MR) is 165 cm³/mol. The van der Waals surface area contributed by atoms with Crippen molar-refractivity contribution in [1.82, 2.24) is 10.0 Å². The zero-order valence-electron chi connectivity index (χ0n) is 24.1. The van der Waals surface area contributed by atoms with Gasteiger partial charge in [0.15, 0.2) is 0 Å². The molecule has 4 aliphatic rings. The monoisotopic (exact) mass is 615 g/mol. The Morgan fingerprint density at radius 1 is 1.10 bits per heavy atom. The van der Waals surface area contributed by atoms with E-state index in [1.54, 1.807) is 6.07 Å². The number of aryl methyl sites for hydroxylation is 1. The molecular formula is C32H42ClN3O5S. The fraction of sp³-hybridized carbons (Fsp3) is 0.594. The Labute approximate surface area is 254 Å². The minimum absolute atomic E-state index is 0.0777. The van der Waals surface area contributed by atoms with Gasteiger partial charge in [0.05, 0.1) is 24.7 Å². The van der Waals surface area contributed by atoms with Crippen molar-refractivity contribution in [2.45, 2.75) is 69.2 Å². The highest BCUT2D eigenvalue weighted by atomic mass is 35.5. The zero-order valence-corrected chi connectivity index (χ0v) is 25.7. The number of hydrogen-bond donors (Lipinski definition) is 3. The Kier molecular flexibility index (Phi) is 8.74. The quantitative estimate of drug-likeness (QED) is 0.469. The van der Waals surface area contributed by atoms with Crippen molar-refractivity contribution in [3.8, 4) is 5.75 Å². The third kappa shape index (κ3) is 6.16. The molecule has 0 aromatic heterocycles. The SMILES string of the molecule is O=C1NS(=O)(=O)CCCCC[C@H](NCCO)[C@@H]2CC[C@H]2CN2C[C@@]3(CCCc4cc(Cl)ccc43)COc3ccc1cc32. The first-order valence-electron chi connectivity index (χ1n) is 15.5. The summed E-state index contributed by atoms with van der Waals surface area (Å²) >= 11 is 6.40. The number of ether oxygens (including phenoxy) is 1. The van der Waals surface area contributed by atoms with Gasteiger partial charge in [0.2, 0.25) is 10.0 Å². The summed E-state index contributed by atoms with van der Waals surface area (Å²) in [6.45, 7) is 2.75. The fourth-order valence-electron chi connectivity index (χ4n) is 7.69. The van der Waals surface area contributed by atoms with Crippen LogP contribution in [0.4, 0.5) is 5.69 Å². The molecule has 3 N–H and O–H groups in total. The Hall–Kier alpha value is -2.33. The average molecular weight is 616 g/mol. The van der Waals surface area contributed by atoms with Gasteiger partial charge in [-0.1, -0.05) is 30.5 Å². The van der Waals surface area contributed by atoms with Gasteiger partial charge in [0.25, 0.3) is 5.91 Å². The minimum atomic E-state index is -3.75. The highest BCUT2D eigenvalue weighted by Crippen LogP contribution is 2.47. The van der Waals surface area contributed by atoms with E-state index in [1.165, 1.54) is 11.1 Å². The number of nitrogens with zero attached hydrogens (tertiary/aromatic N) is 1. The van der Waals surface area contributed by atoms with E-state index >= 15 is 0 Å². The second-order valence-electron chi connectivity index (χ2n) is 12.7. The van der Waals surface area contributed by atoms with Crippen LogP contribution in [-0.4, -0.2) is 64.1 Å². The number of hydrogen-bond acceptors (Lipinski definition) is 7. The molecule has 1 saturated carbocycles. The van der Waals surface area contributed by atoms with E-state index < -0.39 is 15.9 Å². The van der Waals surface area contributed by atoms with Crippen LogP contribution in [0.15, 0.2) is 36.4 Å². The standard InChI is InChI=1S/C32H42ClN3O5S/c33-25-9-11-27-22(17-25)5-4-13-32(27)20-36-19-24-7-10-26(24)28(34-14-15-37)6-2-1-3-16-42(39,40)35-31(38)23-8-12-30(41-21-32)29(36)18-23/h8-9,11-12,17-18,24,26,28,34,37H,1-7,10,13-16,19-21H2,(H,35,38)/t24-,26+,28-,32-/m0/s1. The van der Waals surface area contributed by atoms with Crippen molar-refractivity contribution in [2.75, 3.05) is 43.5 Å². The Morgan fingerprint density at radius 3 is 2.79 bits per heavy atom. The molecule has 0 unspecified atom stereocenters. The maximum absolute atomic E-state index is 13.2. The Morgan fingerprint density at radius 2 is 1.98 bits per heavy atom. The van der Waals surface area contributed by atoms with Crippen LogP contribution < -0.4 is 19.7 Å². The number of anilines is 1. The van der Waals surface area contributed by atoms with E-state index in [0.717, 1.165) is 80.9 Å².